The maximum atomic E-state index is 11.7. The summed E-state index contributed by atoms with van der Waals surface area (Å²) in [7, 11) is 1.71. The van der Waals surface area contributed by atoms with Crippen molar-refractivity contribution in [2.45, 2.75) is 32.7 Å². The Labute approximate surface area is 169 Å². The molecular formula is C21H27N5OS. The van der Waals surface area contributed by atoms with Crippen LogP contribution in [0.1, 0.15) is 37.4 Å². The van der Waals surface area contributed by atoms with E-state index in [2.05, 4.69) is 58.0 Å². The minimum atomic E-state index is -0.00262. The highest BCUT2D eigenvalue weighted by atomic mass is 32.1. The van der Waals surface area contributed by atoms with Crippen LogP contribution in [0.25, 0.3) is 0 Å². The number of allylic oxidation sites excluding steroid dienone is 2. The first kappa shape index (κ1) is 19.1. The van der Waals surface area contributed by atoms with Gasteiger partial charge in [-0.3, -0.25) is 14.7 Å². The maximum absolute atomic E-state index is 11.7. The van der Waals surface area contributed by atoms with Crippen molar-refractivity contribution in [2.75, 3.05) is 31.1 Å². The molecule has 28 heavy (non-hydrogen) atoms. The van der Waals surface area contributed by atoms with Gasteiger partial charge >= 0.3 is 4.87 Å². The van der Waals surface area contributed by atoms with E-state index in [0.29, 0.717) is 6.04 Å². The molecular weight excluding hydrogens is 370 g/mol. The lowest BCUT2D eigenvalue weighted by atomic mass is 9.98. The number of aryl methyl sites for hydroxylation is 2. The third kappa shape index (κ3) is 3.95. The molecule has 0 bridgehead atoms. The van der Waals surface area contributed by atoms with Crippen LogP contribution in [0, 0.1) is 0 Å². The SMILES string of the molecule is C/C1=C/C=N\c2cc(C(C)N3CCN(c4nn(C)c(=O)s4)CC3)ccc2CC1. The zero-order valence-corrected chi connectivity index (χ0v) is 17.6. The first-order chi connectivity index (χ1) is 13.5. The van der Waals surface area contributed by atoms with Crippen LogP contribution < -0.4 is 9.77 Å². The molecule has 0 radical (unpaired) electrons. The Hall–Kier alpha value is -2.25. The van der Waals surface area contributed by atoms with Crippen LogP contribution in [0.4, 0.5) is 10.8 Å². The number of hydrogen-bond donors (Lipinski definition) is 0. The van der Waals surface area contributed by atoms with Crippen LogP contribution >= 0.6 is 11.3 Å². The number of aromatic nitrogens is 2. The van der Waals surface area contributed by atoms with Crippen molar-refractivity contribution < 1.29 is 0 Å². The number of aliphatic imine (C=N–C) groups is 1. The van der Waals surface area contributed by atoms with Crippen molar-refractivity contribution in [3.8, 4) is 0 Å². The second-order valence-corrected chi connectivity index (χ2v) is 8.57. The van der Waals surface area contributed by atoms with Crippen molar-refractivity contribution in [3.63, 3.8) is 0 Å². The molecule has 0 aliphatic carbocycles. The van der Waals surface area contributed by atoms with E-state index in [-0.39, 0.29) is 4.87 Å². The van der Waals surface area contributed by atoms with Crippen molar-refractivity contribution in [3.05, 3.63) is 50.6 Å². The molecule has 1 aromatic carbocycles. The summed E-state index contributed by atoms with van der Waals surface area (Å²) < 4.78 is 1.42. The Morgan fingerprint density at radius 1 is 1.14 bits per heavy atom. The number of rotatable bonds is 3. The van der Waals surface area contributed by atoms with E-state index in [1.807, 2.05) is 6.21 Å². The Morgan fingerprint density at radius 2 is 1.93 bits per heavy atom. The highest BCUT2D eigenvalue weighted by molar-refractivity contribution is 7.13. The summed E-state index contributed by atoms with van der Waals surface area (Å²) in [5.74, 6) is 0. The summed E-state index contributed by atoms with van der Waals surface area (Å²) >= 11 is 1.23. The summed E-state index contributed by atoms with van der Waals surface area (Å²) in [5, 5.41) is 5.17. The Morgan fingerprint density at radius 3 is 2.64 bits per heavy atom. The van der Waals surface area contributed by atoms with Gasteiger partial charge in [0.15, 0.2) is 0 Å². The third-order valence-electron chi connectivity index (χ3n) is 5.76. The van der Waals surface area contributed by atoms with Crippen LogP contribution in [-0.2, 0) is 13.5 Å². The standard InChI is InChI=1S/C21H27N5OS/c1-15-4-5-17-6-7-18(14-19(17)22-9-8-15)16(2)25-10-12-26(13-11-25)20-23-24(3)21(27)28-20/h6-9,14,16H,4-5,10-13H2,1-3H3/b15-8-,22-9-. The molecule has 0 saturated carbocycles. The molecule has 4 rings (SSSR count). The number of nitrogens with zero attached hydrogens (tertiary/aromatic N) is 5. The first-order valence-electron chi connectivity index (χ1n) is 9.87. The molecule has 6 nitrogen and oxygen atoms in total. The lowest BCUT2D eigenvalue weighted by molar-refractivity contribution is 0.198. The van der Waals surface area contributed by atoms with E-state index in [0.717, 1.165) is 49.8 Å². The van der Waals surface area contributed by atoms with E-state index >= 15 is 0 Å². The minimum Gasteiger partial charge on any atom is -0.344 e. The summed E-state index contributed by atoms with van der Waals surface area (Å²) in [4.78, 5) is 21.1. The van der Waals surface area contributed by atoms with Crippen LogP contribution in [-0.4, -0.2) is 47.1 Å². The topological polar surface area (TPSA) is 53.7 Å². The first-order valence-corrected chi connectivity index (χ1v) is 10.7. The van der Waals surface area contributed by atoms with E-state index < -0.39 is 0 Å². The van der Waals surface area contributed by atoms with Gasteiger partial charge < -0.3 is 4.90 Å². The number of benzene rings is 1. The summed E-state index contributed by atoms with van der Waals surface area (Å²) in [5.41, 5.74) is 5.12. The van der Waals surface area contributed by atoms with Gasteiger partial charge in [-0.2, -0.15) is 0 Å². The molecule has 1 atom stereocenters. The molecule has 1 unspecified atom stereocenters. The molecule has 2 aliphatic rings. The highest BCUT2D eigenvalue weighted by Gasteiger charge is 2.24. The quantitative estimate of drug-likeness (QED) is 0.797. The average molecular weight is 398 g/mol. The van der Waals surface area contributed by atoms with Gasteiger partial charge in [0, 0.05) is 45.5 Å². The van der Waals surface area contributed by atoms with Crippen molar-refractivity contribution in [1.82, 2.24) is 14.7 Å². The monoisotopic (exact) mass is 397 g/mol. The lowest BCUT2D eigenvalue weighted by Gasteiger charge is -2.38. The van der Waals surface area contributed by atoms with E-state index in [1.54, 1.807) is 7.05 Å². The second kappa shape index (κ2) is 8.01. The average Bonchev–Trinajstić information content (AvgIpc) is 3.03. The van der Waals surface area contributed by atoms with Gasteiger partial charge in [0.25, 0.3) is 0 Å². The normalized spacial score (nSPS) is 22.0. The van der Waals surface area contributed by atoms with Gasteiger partial charge in [-0.1, -0.05) is 17.7 Å². The second-order valence-electron chi connectivity index (χ2n) is 7.65. The lowest BCUT2D eigenvalue weighted by Crippen LogP contribution is -2.47. The maximum Gasteiger partial charge on any atom is 0.326 e. The minimum absolute atomic E-state index is 0.00262. The summed E-state index contributed by atoms with van der Waals surface area (Å²) in [6, 6.07) is 7.10. The van der Waals surface area contributed by atoms with Crippen molar-refractivity contribution >= 4 is 28.4 Å². The Balaban J connectivity index is 1.45. The fourth-order valence-electron chi connectivity index (χ4n) is 3.81. The number of piperazine rings is 1. The summed E-state index contributed by atoms with van der Waals surface area (Å²) in [6.07, 6.45) is 6.19. The zero-order chi connectivity index (χ0) is 19.7. The van der Waals surface area contributed by atoms with Crippen LogP contribution in [0.3, 0.4) is 0 Å². The van der Waals surface area contributed by atoms with Crippen LogP contribution in [0.15, 0.2) is 39.6 Å². The van der Waals surface area contributed by atoms with E-state index in [1.165, 1.54) is 32.7 Å². The Bertz CT molecular complexity index is 965. The van der Waals surface area contributed by atoms with Crippen LogP contribution in [0.5, 0.6) is 0 Å². The van der Waals surface area contributed by atoms with E-state index in [4.69, 9.17) is 0 Å². The van der Waals surface area contributed by atoms with Gasteiger partial charge in [-0.15, -0.1) is 5.10 Å². The van der Waals surface area contributed by atoms with Gasteiger partial charge in [-0.05, 0) is 61.3 Å². The fraction of sp³-hybridized carbons (Fsp3) is 0.476. The number of anilines is 1. The molecule has 0 N–H and O–H groups in total. The summed E-state index contributed by atoms with van der Waals surface area (Å²) in [6.45, 7) is 8.14. The molecule has 2 aliphatic heterocycles. The molecule has 0 amide bonds. The number of fused-ring (bicyclic) bond motifs is 1. The largest absolute Gasteiger partial charge is 0.344 e. The molecule has 2 aromatic rings. The van der Waals surface area contributed by atoms with Gasteiger partial charge in [0.2, 0.25) is 5.13 Å². The van der Waals surface area contributed by atoms with Crippen molar-refractivity contribution in [1.29, 1.82) is 0 Å². The molecule has 3 heterocycles. The molecule has 0 spiro atoms. The van der Waals surface area contributed by atoms with Gasteiger partial charge in [-0.25, -0.2) is 4.68 Å². The fourth-order valence-corrected chi connectivity index (χ4v) is 4.61. The molecule has 1 aromatic heterocycles. The number of hydrogen-bond acceptors (Lipinski definition) is 6. The third-order valence-corrected chi connectivity index (χ3v) is 6.73. The Kier molecular flexibility index (Phi) is 5.46. The smallest absolute Gasteiger partial charge is 0.326 e. The molecule has 1 saturated heterocycles. The molecule has 1 fully saturated rings. The van der Waals surface area contributed by atoms with E-state index in [9.17, 15) is 4.79 Å². The van der Waals surface area contributed by atoms with Crippen molar-refractivity contribution in [2.24, 2.45) is 12.0 Å². The predicted molar refractivity (Wildman–Crippen MR) is 116 cm³/mol. The molecule has 148 valence electrons. The highest BCUT2D eigenvalue weighted by Crippen LogP contribution is 2.30. The zero-order valence-electron chi connectivity index (χ0n) is 16.8. The van der Waals surface area contributed by atoms with Crippen LogP contribution in [0.2, 0.25) is 0 Å². The molecule has 7 heteroatoms. The predicted octanol–water partition coefficient (Wildman–Crippen LogP) is 3.32. The van der Waals surface area contributed by atoms with Gasteiger partial charge in [0.1, 0.15) is 0 Å². The van der Waals surface area contributed by atoms with Gasteiger partial charge in [0.05, 0.1) is 5.69 Å².